The Hall–Kier alpha value is -2.26. The quantitative estimate of drug-likeness (QED) is 0.786. The van der Waals surface area contributed by atoms with E-state index in [1.54, 1.807) is 0 Å². The predicted octanol–water partition coefficient (Wildman–Crippen LogP) is 3.13. The number of aromatic nitrogens is 2. The van der Waals surface area contributed by atoms with Gasteiger partial charge < -0.3 is 5.32 Å². The maximum Gasteiger partial charge on any atom is 0.0655 e. The molecule has 0 fully saturated rings. The van der Waals surface area contributed by atoms with Gasteiger partial charge in [0.1, 0.15) is 0 Å². The fourth-order valence-electron chi connectivity index (χ4n) is 2.48. The molecule has 20 heavy (non-hydrogen) atoms. The number of hydrogen-bond acceptors (Lipinski definition) is 3. The molecule has 1 unspecified atom stereocenters. The van der Waals surface area contributed by atoms with E-state index in [4.69, 9.17) is 0 Å². The topological polar surface area (TPSA) is 37.8 Å². The molecule has 0 spiro atoms. The summed E-state index contributed by atoms with van der Waals surface area (Å²) in [5, 5.41) is 5.78. The molecule has 0 saturated heterocycles. The minimum Gasteiger partial charge on any atom is -0.311 e. The molecule has 0 saturated carbocycles. The van der Waals surface area contributed by atoms with Crippen LogP contribution in [0.3, 0.4) is 0 Å². The molecule has 0 amide bonds. The minimum atomic E-state index is 0.163. The van der Waals surface area contributed by atoms with Crippen molar-refractivity contribution in [3.8, 4) is 0 Å². The zero-order chi connectivity index (χ0) is 13.8. The highest BCUT2D eigenvalue weighted by atomic mass is 14.9. The van der Waals surface area contributed by atoms with Gasteiger partial charge in [-0.15, -0.1) is 0 Å². The first-order valence-electron chi connectivity index (χ1n) is 6.79. The minimum absolute atomic E-state index is 0.163. The van der Waals surface area contributed by atoms with Crippen LogP contribution in [-0.2, 0) is 6.42 Å². The predicted molar refractivity (Wildman–Crippen MR) is 81.5 cm³/mol. The van der Waals surface area contributed by atoms with Crippen molar-refractivity contribution in [1.29, 1.82) is 0 Å². The highest BCUT2D eigenvalue weighted by Gasteiger charge is 2.14. The van der Waals surface area contributed by atoms with E-state index in [1.165, 1.54) is 10.8 Å². The SMILES string of the molecule is CNC(Cc1ccccn1)c1nccc2ccccc12. The van der Waals surface area contributed by atoms with Crippen molar-refractivity contribution in [2.24, 2.45) is 0 Å². The van der Waals surface area contributed by atoms with Crippen molar-refractivity contribution < 1.29 is 0 Å². The van der Waals surface area contributed by atoms with Gasteiger partial charge in [-0.3, -0.25) is 9.97 Å². The first kappa shape index (κ1) is 12.8. The molecule has 0 radical (unpaired) electrons. The van der Waals surface area contributed by atoms with Crippen LogP contribution in [-0.4, -0.2) is 17.0 Å². The van der Waals surface area contributed by atoms with Crippen molar-refractivity contribution in [2.45, 2.75) is 12.5 Å². The molecule has 0 aliphatic rings. The number of hydrogen-bond donors (Lipinski definition) is 1. The number of pyridine rings is 2. The van der Waals surface area contributed by atoms with Crippen molar-refractivity contribution >= 4 is 10.8 Å². The van der Waals surface area contributed by atoms with Gasteiger partial charge >= 0.3 is 0 Å². The molecule has 3 aromatic rings. The fraction of sp³-hybridized carbons (Fsp3) is 0.176. The average molecular weight is 263 g/mol. The normalized spacial score (nSPS) is 12.4. The van der Waals surface area contributed by atoms with Gasteiger partial charge in [-0.05, 0) is 30.6 Å². The van der Waals surface area contributed by atoms with Gasteiger partial charge in [0.05, 0.1) is 11.7 Å². The molecular weight excluding hydrogens is 246 g/mol. The van der Waals surface area contributed by atoms with Gasteiger partial charge in [-0.2, -0.15) is 0 Å². The van der Waals surface area contributed by atoms with E-state index in [-0.39, 0.29) is 6.04 Å². The first-order valence-corrected chi connectivity index (χ1v) is 6.79. The van der Waals surface area contributed by atoms with Crippen LogP contribution >= 0.6 is 0 Å². The molecule has 3 rings (SSSR count). The lowest BCUT2D eigenvalue weighted by molar-refractivity contribution is 0.574. The van der Waals surface area contributed by atoms with E-state index in [0.717, 1.165) is 17.8 Å². The Kier molecular flexibility index (Phi) is 3.70. The lowest BCUT2D eigenvalue weighted by Gasteiger charge is -2.17. The van der Waals surface area contributed by atoms with E-state index in [9.17, 15) is 0 Å². The molecule has 3 nitrogen and oxygen atoms in total. The van der Waals surface area contributed by atoms with Gasteiger partial charge in [-0.25, -0.2) is 0 Å². The maximum atomic E-state index is 4.58. The standard InChI is InChI=1S/C17H17N3/c1-18-16(12-14-7-4-5-10-19-14)17-15-8-3-2-6-13(15)9-11-20-17/h2-11,16,18H,12H2,1H3. The Morgan fingerprint density at radius 1 is 0.950 bits per heavy atom. The lowest BCUT2D eigenvalue weighted by Crippen LogP contribution is -2.20. The molecule has 3 heteroatoms. The van der Waals surface area contributed by atoms with E-state index >= 15 is 0 Å². The monoisotopic (exact) mass is 263 g/mol. The summed E-state index contributed by atoms with van der Waals surface area (Å²) in [5.41, 5.74) is 2.15. The van der Waals surface area contributed by atoms with Crippen LogP contribution in [0.1, 0.15) is 17.4 Å². The number of nitrogens with zero attached hydrogens (tertiary/aromatic N) is 2. The molecule has 1 N–H and O–H groups in total. The van der Waals surface area contributed by atoms with Gasteiger partial charge in [0.25, 0.3) is 0 Å². The summed E-state index contributed by atoms with van der Waals surface area (Å²) in [6, 6.07) is 16.6. The second-order valence-electron chi connectivity index (χ2n) is 4.78. The van der Waals surface area contributed by atoms with Crippen LogP contribution in [0, 0.1) is 0 Å². The third-order valence-corrected chi connectivity index (χ3v) is 3.52. The lowest BCUT2D eigenvalue weighted by atomic mass is 10.0. The summed E-state index contributed by atoms with van der Waals surface area (Å²) in [6.45, 7) is 0. The third-order valence-electron chi connectivity index (χ3n) is 3.52. The van der Waals surface area contributed by atoms with Gasteiger partial charge in [0.2, 0.25) is 0 Å². The number of benzene rings is 1. The second-order valence-corrected chi connectivity index (χ2v) is 4.78. The van der Waals surface area contributed by atoms with Gasteiger partial charge in [0, 0.05) is 29.9 Å². The van der Waals surface area contributed by atoms with Gasteiger partial charge in [-0.1, -0.05) is 30.3 Å². The Balaban J connectivity index is 1.99. The number of rotatable bonds is 4. The zero-order valence-corrected chi connectivity index (χ0v) is 11.5. The Morgan fingerprint density at radius 2 is 1.80 bits per heavy atom. The Morgan fingerprint density at radius 3 is 2.60 bits per heavy atom. The third kappa shape index (κ3) is 2.53. The molecule has 2 heterocycles. The van der Waals surface area contributed by atoms with Crippen molar-refractivity contribution in [3.05, 3.63) is 72.3 Å². The van der Waals surface area contributed by atoms with Crippen LogP contribution in [0.15, 0.2) is 60.9 Å². The summed E-state index contributed by atoms with van der Waals surface area (Å²) in [6.07, 6.45) is 4.54. The molecule has 1 atom stereocenters. The summed E-state index contributed by atoms with van der Waals surface area (Å²) in [7, 11) is 1.97. The molecule has 2 aromatic heterocycles. The van der Waals surface area contributed by atoms with E-state index in [2.05, 4.69) is 45.6 Å². The number of likely N-dealkylation sites (N-methyl/N-ethyl adjacent to an activating group) is 1. The zero-order valence-electron chi connectivity index (χ0n) is 11.5. The highest BCUT2D eigenvalue weighted by molar-refractivity contribution is 5.84. The first-order chi connectivity index (χ1) is 9.88. The molecular formula is C17H17N3. The Bertz CT molecular complexity index is 689. The number of nitrogens with one attached hydrogen (secondary N) is 1. The van der Waals surface area contributed by atoms with E-state index < -0.39 is 0 Å². The van der Waals surface area contributed by atoms with Crippen LogP contribution < -0.4 is 5.32 Å². The highest BCUT2D eigenvalue weighted by Crippen LogP contribution is 2.23. The molecule has 0 bridgehead atoms. The number of fused-ring (bicyclic) bond motifs is 1. The summed E-state index contributed by atoms with van der Waals surface area (Å²) < 4.78 is 0. The Labute approximate surface area is 118 Å². The molecule has 100 valence electrons. The van der Waals surface area contributed by atoms with E-state index in [1.807, 2.05) is 37.6 Å². The summed E-state index contributed by atoms with van der Waals surface area (Å²) >= 11 is 0. The largest absolute Gasteiger partial charge is 0.311 e. The van der Waals surface area contributed by atoms with Crippen molar-refractivity contribution in [1.82, 2.24) is 15.3 Å². The van der Waals surface area contributed by atoms with E-state index in [0.29, 0.717) is 0 Å². The summed E-state index contributed by atoms with van der Waals surface area (Å²) in [5.74, 6) is 0. The van der Waals surface area contributed by atoms with Crippen molar-refractivity contribution in [3.63, 3.8) is 0 Å². The van der Waals surface area contributed by atoms with Crippen LogP contribution in [0.25, 0.3) is 10.8 Å². The van der Waals surface area contributed by atoms with Crippen LogP contribution in [0.2, 0.25) is 0 Å². The molecule has 0 aliphatic carbocycles. The molecule has 0 aliphatic heterocycles. The fourth-order valence-corrected chi connectivity index (χ4v) is 2.48. The summed E-state index contributed by atoms with van der Waals surface area (Å²) in [4.78, 5) is 8.99. The van der Waals surface area contributed by atoms with Crippen LogP contribution in [0.5, 0.6) is 0 Å². The second kappa shape index (κ2) is 5.80. The van der Waals surface area contributed by atoms with Crippen LogP contribution in [0.4, 0.5) is 0 Å². The molecule has 1 aromatic carbocycles. The van der Waals surface area contributed by atoms with Gasteiger partial charge in [0.15, 0.2) is 0 Å². The smallest absolute Gasteiger partial charge is 0.0655 e. The van der Waals surface area contributed by atoms with Crippen molar-refractivity contribution in [2.75, 3.05) is 7.05 Å². The maximum absolute atomic E-state index is 4.58. The average Bonchev–Trinajstić information content (AvgIpc) is 2.53.